The first-order valence-electron chi connectivity index (χ1n) is 7.47. The van der Waals surface area contributed by atoms with Crippen molar-refractivity contribution >= 4 is 18.0 Å². The van der Waals surface area contributed by atoms with E-state index in [1.165, 1.54) is 19.9 Å². The van der Waals surface area contributed by atoms with Gasteiger partial charge in [0, 0.05) is 19.4 Å². The molecule has 0 atom stereocenters. The first-order valence-corrected chi connectivity index (χ1v) is 7.47. The van der Waals surface area contributed by atoms with Crippen molar-refractivity contribution < 1.29 is 28.5 Å². The number of esters is 2. The van der Waals surface area contributed by atoms with Crippen molar-refractivity contribution in [2.24, 2.45) is 0 Å². The van der Waals surface area contributed by atoms with Crippen LogP contribution in [0.2, 0.25) is 0 Å². The Morgan fingerprint density at radius 2 is 1.65 bits per heavy atom. The van der Waals surface area contributed by atoms with E-state index in [2.05, 4.69) is 0 Å². The van der Waals surface area contributed by atoms with Gasteiger partial charge in [0.15, 0.2) is 6.29 Å². The van der Waals surface area contributed by atoms with Gasteiger partial charge >= 0.3 is 11.9 Å². The average molecular weight is 318 g/mol. The number of rotatable bonds is 2. The second kappa shape index (κ2) is 6.14. The second-order valence-corrected chi connectivity index (χ2v) is 5.79. The summed E-state index contributed by atoms with van der Waals surface area (Å²) >= 11 is 0. The summed E-state index contributed by atoms with van der Waals surface area (Å²) in [5, 5.41) is 0. The minimum atomic E-state index is -1.25. The van der Waals surface area contributed by atoms with E-state index in [4.69, 9.17) is 18.9 Å². The first-order chi connectivity index (χ1) is 11.0. The predicted octanol–water partition coefficient (Wildman–Crippen LogP) is 2.34. The highest BCUT2D eigenvalue weighted by Gasteiger charge is 2.39. The van der Waals surface area contributed by atoms with Gasteiger partial charge in [0.2, 0.25) is 0 Å². The van der Waals surface area contributed by atoms with Gasteiger partial charge in [0.1, 0.15) is 5.57 Å². The molecule has 2 aliphatic heterocycles. The third-order valence-electron chi connectivity index (χ3n) is 3.49. The van der Waals surface area contributed by atoms with Crippen molar-refractivity contribution in [3.05, 3.63) is 41.0 Å². The summed E-state index contributed by atoms with van der Waals surface area (Å²) in [6.45, 7) is 4.23. The first kappa shape index (κ1) is 15.7. The third-order valence-corrected chi connectivity index (χ3v) is 3.49. The van der Waals surface area contributed by atoms with Gasteiger partial charge in [-0.1, -0.05) is 24.3 Å². The molecule has 0 amide bonds. The Balaban J connectivity index is 1.93. The maximum absolute atomic E-state index is 12.1. The van der Waals surface area contributed by atoms with Crippen LogP contribution in [-0.4, -0.2) is 30.9 Å². The summed E-state index contributed by atoms with van der Waals surface area (Å²) in [5.74, 6) is -2.65. The summed E-state index contributed by atoms with van der Waals surface area (Å²) < 4.78 is 21.4. The Hall–Kier alpha value is -2.18. The molecule has 1 aromatic carbocycles. The zero-order chi connectivity index (χ0) is 16.4. The van der Waals surface area contributed by atoms with Gasteiger partial charge in [-0.3, -0.25) is 0 Å². The van der Waals surface area contributed by atoms with Crippen LogP contribution in [0.25, 0.3) is 6.08 Å². The number of benzene rings is 1. The molecule has 23 heavy (non-hydrogen) atoms. The number of carbonyl (C=O) groups excluding carboxylic acids is 2. The SMILES string of the molecule is CC1(C)OC(=O)C(=Cc2ccccc2C2OCCCO2)C(=O)O1. The lowest BCUT2D eigenvalue weighted by atomic mass is 10.0. The lowest BCUT2D eigenvalue weighted by Crippen LogP contribution is -2.41. The van der Waals surface area contributed by atoms with Crippen LogP contribution in [0.1, 0.15) is 37.7 Å². The van der Waals surface area contributed by atoms with Crippen LogP contribution in [0.15, 0.2) is 29.8 Å². The maximum atomic E-state index is 12.1. The van der Waals surface area contributed by atoms with E-state index in [-0.39, 0.29) is 5.57 Å². The van der Waals surface area contributed by atoms with E-state index in [0.29, 0.717) is 18.8 Å². The molecule has 0 unspecified atom stereocenters. The molecule has 3 rings (SSSR count). The molecule has 0 radical (unpaired) electrons. The van der Waals surface area contributed by atoms with Crippen molar-refractivity contribution in [1.82, 2.24) is 0 Å². The number of cyclic esters (lactones) is 2. The average Bonchev–Trinajstić information content (AvgIpc) is 2.51. The Kier molecular flexibility index (Phi) is 4.19. The molecule has 6 heteroatoms. The van der Waals surface area contributed by atoms with Gasteiger partial charge < -0.3 is 18.9 Å². The predicted molar refractivity (Wildman–Crippen MR) is 79.9 cm³/mol. The van der Waals surface area contributed by atoms with Crippen molar-refractivity contribution in [1.29, 1.82) is 0 Å². The maximum Gasteiger partial charge on any atom is 0.348 e. The standard InChI is InChI=1S/C17H18O6/c1-17(2)22-14(18)13(15(19)23-17)10-11-6-3-4-7-12(11)16-20-8-5-9-21-16/h3-4,6-7,10,16H,5,8-9H2,1-2H3. The van der Waals surface area contributed by atoms with Gasteiger partial charge in [0.25, 0.3) is 5.79 Å². The molecule has 0 aliphatic carbocycles. The quantitative estimate of drug-likeness (QED) is 0.473. The van der Waals surface area contributed by atoms with Crippen LogP contribution in [0.4, 0.5) is 0 Å². The van der Waals surface area contributed by atoms with Crippen molar-refractivity contribution in [2.45, 2.75) is 32.3 Å². The minimum Gasteiger partial charge on any atom is -0.419 e. The molecular formula is C17H18O6. The van der Waals surface area contributed by atoms with E-state index in [1.807, 2.05) is 18.2 Å². The minimum absolute atomic E-state index is 0.146. The van der Waals surface area contributed by atoms with E-state index >= 15 is 0 Å². The lowest BCUT2D eigenvalue weighted by Gasteiger charge is -2.30. The fourth-order valence-electron chi connectivity index (χ4n) is 2.46. The summed E-state index contributed by atoms with van der Waals surface area (Å²) in [6.07, 6.45) is 1.79. The molecule has 2 fully saturated rings. The Bertz CT molecular complexity index is 633. The summed E-state index contributed by atoms with van der Waals surface area (Å²) in [6, 6.07) is 7.28. The van der Waals surface area contributed by atoms with E-state index in [0.717, 1.165) is 12.0 Å². The molecule has 122 valence electrons. The second-order valence-electron chi connectivity index (χ2n) is 5.79. The van der Waals surface area contributed by atoms with Crippen molar-refractivity contribution in [3.63, 3.8) is 0 Å². The molecule has 2 aliphatic rings. The topological polar surface area (TPSA) is 71.1 Å². The molecule has 0 spiro atoms. The van der Waals surface area contributed by atoms with Crippen LogP contribution >= 0.6 is 0 Å². The third kappa shape index (κ3) is 3.43. The Morgan fingerprint density at radius 1 is 1.04 bits per heavy atom. The van der Waals surface area contributed by atoms with Crippen LogP contribution in [0, 0.1) is 0 Å². The molecular weight excluding hydrogens is 300 g/mol. The van der Waals surface area contributed by atoms with Crippen LogP contribution < -0.4 is 0 Å². The monoisotopic (exact) mass is 318 g/mol. The zero-order valence-corrected chi connectivity index (χ0v) is 13.0. The fraction of sp³-hybridized carbons (Fsp3) is 0.412. The molecule has 0 N–H and O–H groups in total. The molecule has 2 saturated heterocycles. The molecule has 0 aromatic heterocycles. The number of carbonyl (C=O) groups is 2. The molecule has 1 aromatic rings. The van der Waals surface area contributed by atoms with Crippen LogP contribution in [0.5, 0.6) is 0 Å². The normalized spacial score (nSPS) is 21.6. The summed E-state index contributed by atoms with van der Waals surface area (Å²) in [7, 11) is 0. The largest absolute Gasteiger partial charge is 0.419 e. The van der Waals surface area contributed by atoms with Gasteiger partial charge in [-0.2, -0.15) is 0 Å². The Labute approximate surface area is 134 Å². The Morgan fingerprint density at radius 3 is 2.30 bits per heavy atom. The fourth-order valence-corrected chi connectivity index (χ4v) is 2.46. The number of hydrogen-bond acceptors (Lipinski definition) is 6. The van der Waals surface area contributed by atoms with E-state index in [9.17, 15) is 9.59 Å². The van der Waals surface area contributed by atoms with Crippen molar-refractivity contribution in [3.8, 4) is 0 Å². The van der Waals surface area contributed by atoms with E-state index in [1.54, 1.807) is 6.07 Å². The van der Waals surface area contributed by atoms with Gasteiger partial charge in [-0.05, 0) is 18.1 Å². The summed E-state index contributed by atoms with van der Waals surface area (Å²) in [5.41, 5.74) is 1.26. The molecule has 0 saturated carbocycles. The highest BCUT2D eigenvalue weighted by molar-refractivity contribution is 6.18. The zero-order valence-electron chi connectivity index (χ0n) is 13.0. The van der Waals surface area contributed by atoms with E-state index < -0.39 is 24.0 Å². The number of ether oxygens (including phenoxy) is 4. The summed E-state index contributed by atoms with van der Waals surface area (Å²) in [4.78, 5) is 24.1. The molecule has 0 bridgehead atoms. The van der Waals surface area contributed by atoms with Crippen LogP contribution in [-0.2, 0) is 28.5 Å². The lowest BCUT2D eigenvalue weighted by molar-refractivity contribution is -0.222. The van der Waals surface area contributed by atoms with Gasteiger partial charge in [-0.15, -0.1) is 0 Å². The van der Waals surface area contributed by atoms with Crippen LogP contribution in [0.3, 0.4) is 0 Å². The van der Waals surface area contributed by atoms with Gasteiger partial charge in [-0.25, -0.2) is 9.59 Å². The molecule has 2 heterocycles. The van der Waals surface area contributed by atoms with Crippen molar-refractivity contribution in [2.75, 3.05) is 13.2 Å². The highest BCUT2D eigenvalue weighted by atomic mass is 16.7. The smallest absolute Gasteiger partial charge is 0.348 e. The highest BCUT2D eigenvalue weighted by Crippen LogP contribution is 2.29. The molecule has 6 nitrogen and oxygen atoms in total. The number of hydrogen-bond donors (Lipinski definition) is 0. The van der Waals surface area contributed by atoms with Gasteiger partial charge in [0.05, 0.1) is 13.2 Å².